The number of halogens is 4. The molecule has 1 aromatic heterocycles. The zero-order chi connectivity index (χ0) is 24.2. The van der Waals surface area contributed by atoms with Crippen LogP contribution in [0.25, 0.3) is 6.08 Å². The molecule has 0 aliphatic carbocycles. The van der Waals surface area contributed by atoms with E-state index < -0.39 is 28.9 Å². The van der Waals surface area contributed by atoms with Gasteiger partial charge in [0.05, 0.1) is 13.2 Å². The van der Waals surface area contributed by atoms with Gasteiger partial charge in [0.1, 0.15) is 23.7 Å². The van der Waals surface area contributed by atoms with Gasteiger partial charge in [0, 0.05) is 24.4 Å². The summed E-state index contributed by atoms with van der Waals surface area (Å²) < 4.78 is 67.1. The van der Waals surface area contributed by atoms with E-state index in [0.717, 1.165) is 18.5 Å². The van der Waals surface area contributed by atoms with Crippen molar-refractivity contribution >= 4 is 12.4 Å². The summed E-state index contributed by atoms with van der Waals surface area (Å²) in [6, 6.07) is 5.13. The van der Waals surface area contributed by atoms with Gasteiger partial charge in [-0.2, -0.15) is 13.9 Å². The van der Waals surface area contributed by atoms with Gasteiger partial charge < -0.3 is 21.1 Å². The third kappa shape index (κ3) is 6.51. The van der Waals surface area contributed by atoms with Crippen molar-refractivity contribution in [3.63, 3.8) is 0 Å². The Morgan fingerprint density at radius 1 is 1.25 bits per heavy atom. The van der Waals surface area contributed by atoms with E-state index in [9.17, 15) is 17.6 Å². The first kappa shape index (κ1) is 27.1. The predicted molar refractivity (Wildman–Crippen MR) is 116 cm³/mol. The Balaban J connectivity index is 0.000000769. The highest BCUT2D eigenvalue weighted by atomic mass is 19.3. The summed E-state index contributed by atoms with van der Waals surface area (Å²) in [7, 11) is 0. The highest BCUT2D eigenvalue weighted by Crippen LogP contribution is 2.56. The maximum absolute atomic E-state index is 15.0. The van der Waals surface area contributed by atoms with Crippen LogP contribution in [0, 0.1) is 11.6 Å². The molecule has 32 heavy (non-hydrogen) atoms. The van der Waals surface area contributed by atoms with E-state index in [0.29, 0.717) is 24.8 Å². The van der Waals surface area contributed by atoms with Gasteiger partial charge in [-0.15, -0.1) is 0 Å². The van der Waals surface area contributed by atoms with Crippen LogP contribution in [0.4, 0.5) is 17.6 Å². The maximum Gasteiger partial charge on any atom is 0.324 e. The van der Waals surface area contributed by atoms with Crippen LogP contribution in [0.3, 0.4) is 0 Å². The SMILES string of the molecule is CC.CCOC/C=C/c1ccc(C(F)(F)C2(c3ccc(F)cc3F)CO2)nc1.N/C=N\N. The van der Waals surface area contributed by atoms with Crippen molar-refractivity contribution in [3.8, 4) is 0 Å². The lowest BCUT2D eigenvalue weighted by atomic mass is 9.90. The Labute approximate surface area is 184 Å². The van der Waals surface area contributed by atoms with Gasteiger partial charge in [-0.25, -0.2) is 8.78 Å². The Kier molecular flexibility index (Phi) is 10.8. The van der Waals surface area contributed by atoms with Crippen molar-refractivity contribution in [2.24, 2.45) is 16.7 Å². The average Bonchev–Trinajstić information content (AvgIpc) is 3.61. The van der Waals surface area contributed by atoms with Gasteiger partial charge in [0.15, 0.2) is 5.60 Å². The summed E-state index contributed by atoms with van der Waals surface area (Å²) in [6.07, 6.45) is 5.77. The standard InChI is InChI=1S/C19H17F4NO2.C2H6.CH5N3/c1-2-25-9-3-4-13-5-8-17(24-11-13)19(22,23)18(12-26-18)15-7-6-14(20)10-16(15)21;1-2;2-1-4-3/h3-8,10-11H,2,9,12H2,1H3;1-2H3;1H,3H2,(H2,2,4)/b4-3+;;. The van der Waals surface area contributed by atoms with Crippen LogP contribution in [-0.2, 0) is 21.0 Å². The molecule has 0 bridgehead atoms. The number of hydrogen-bond donors (Lipinski definition) is 2. The molecule has 3 rings (SSSR count). The number of epoxide rings is 1. The van der Waals surface area contributed by atoms with E-state index in [-0.39, 0.29) is 12.2 Å². The molecule has 1 saturated heterocycles. The number of hydrazone groups is 1. The van der Waals surface area contributed by atoms with Crippen LogP contribution in [0.2, 0.25) is 0 Å². The second-order valence-electron chi connectivity index (χ2n) is 6.15. The molecule has 2 aromatic rings. The molecule has 2 heterocycles. The molecule has 6 nitrogen and oxygen atoms in total. The number of benzene rings is 1. The Hall–Kier alpha value is -2.98. The van der Waals surface area contributed by atoms with Crippen molar-refractivity contribution in [2.75, 3.05) is 19.8 Å². The summed E-state index contributed by atoms with van der Waals surface area (Å²) >= 11 is 0. The van der Waals surface area contributed by atoms with E-state index in [1.54, 1.807) is 12.2 Å². The Bertz CT molecular complexity index is 882. The summed E-state index contributed by atoms with van der Waals surface area (Å²) in [6.45, 7) is 6.48. The summed E-state index contributed by atoms with van der Waals surface area (Å²) in [5.41, 5.74) is 2.15. The van der Waals surface area contributed by atoms with Gasteiger partial charge in [-0.3, -0.25) is 4.98 Å². The van der Waals surface area contributed by atoms with Crippen molar-refractivity contribution < 1.29 is 27.0 Å². The highest BCUT2D eigenvalue weighted by Gasteiger charge is 2.68. The van der Waals surface area contributed by atoms with Crippen molar-refractivity contribution in [1.29, 1.82) is 0 Å². The first-order valence-electron chi connectivity index (χ1n) is 9.94. The van der Waals surface area contributed by atoms with Crippen LogP contribution >= 0.6 is 0 Å². The highest BCUT2D eigenvalue weighted by molar-refractivity contribution is 5.50. The molecule has 0 spiro atoms. The quantitative estimate of drug-likeness (QED) is 0.123. The molecule has 1 atom stereocenters. The van der Waals surface area contributed by atoms with Crippen molar-refractivity contribution in [1.82, 2.24) is 4.98 Å². The van der Waals surface area contributed by atoms with Gasteiger partial charge in [0.25, 0.3) is 0 Å². The van der Waals surface area contributed by atoms with Crippen LogP contribution in [0.1, 0.15) is 37.6 Å². The smallest absolute Gasteiger partial charge is 0.324 e. The first-order chi connectivity index (χ1) is 15.3. The fourth-order valence-electron chi connectivity index (χ4n) is 2.66. The van der Waals surface area contributed by atoms with Gasteiger partial charge in [-0.05, 0) is 30.7 Å². The number of hydrogen-bond acceptors (Lipinski definition) is 5. The molecular weight excluding hydrogens is 428 g/mol. The second kappa shape index (κ2) is 12.8. The van der Waals surface area contributed by atoms with Gasteiger partial charge in [-0.1, -0.05) is 32.1 Å². The lowest BCUT2D eigenvalue weighted by molar-refractivity contribution is -0.0901. The fourth-order valence-corrected chi connectivity index (χ4v) is 2.66. The van der Waals surface area contributed by atoms with Crippen LogP contribution in [0.15, 0.2) is 47.7 Å². The van der Waals surface area contributed by atoms with Crippen LogP contribution < -0.4 is 11.6 Å². The number of nitrogens with two attached hydrogens (primary N) is 2. The minimum atomic E-state index is -3.57. The van der Waals surface area contributed by atoms with E-state index in [4.69, 9.17) is 9.47 Å². The molecule has 1 aromatic carbocycles. The van der Waals surface area contributed by atoms with E-state index in [1.807, 2.05) is 20.8 Å². The normalized spacial score (nSPS) is 17.5. The number of pyridine rings is 1. The molecule has 10 heteroatoms. The maximum atomic E-state index is 15.0. The van der Waals surface area contributed by atoms with Gasteiger partial charge in [0.2, 0.25) is 0 Å². The summed E-state index contributed by atoms with van der Waals surface area (Å²) in [5, 5.41) is 2.89. The number of rotatable bonds is 7. The third-order valence-electron chi connectivity index (χ3n) is 4.23. The fraction of sp³-hybridized carbons (Fsp3) is 0.364. The Morgan fingerprint density at radius 2 is 1.91 bits per heavy atom. The number of alkyl halides is 2. The lowest BCUT2D eigenvalue weighted by Gasteiger charge is -2.24. The van der Waals surface area contributed by atoms with E-state index in [2.05, 4.69) is 21.7 Å². The summed E-state index contributed by atoms with van der Waals surface area (Å²) in [4.78, 5) is 3.81. The number of nitrogens with zero attached hydrogens (tertiary/aromatic N) is 2. The third-order valence-corrected chi connectivity index (χ3v) is 4.23. The van der Waals surface area contributed by atoms with Gasteiger partial charge >= 0.3 is 5.92 Å². The molecule has 176 valence electrons. The predicted octanol–water partition coefficient (Wildman–Crippen LogP) is 4.30. The van der Waals surface area contributed by atoms with Crippen molar-refractivity contribution in [2.45, 2.75) is 32.3 Å². The molecule has 0 radical (unpaired) electrons. The minimum absolute atomic E-state index is 0.375. The molecule has 0 saturated carbocycles. The molecule has 1 aliphatic rings. The molecular formula is C22H28F4N4O2. The van der Waals surface area contributed by atoms with Crippen LogP contribution in [0.5, 0.6) is 0 Å². The second-order valence-corrected chi connectivity index (χ2v) is 6.15. The van der Waals surface area contributed by atoms with Crippen molar-refractivity contribution in [3.05, 3.63) is 71.1 Å². The molecule has 0 amide bonds. The van der Waals surface area contributed by atoms with Crippen LogP contribution in [-0.4, -0.2) is 31.1 Å². The van der Waals surface area contributed by atoms with E-state index in [1.165, 1.54) is 18.3 Å². The molecule has 1 aliphatic heterocycles. The Morgan fingerprint density at radius 3 is 2.38 bits per heavy atom. The topological polar surface area (TPSA) is 99.0 Å². The zero-order valence-corrected chi connectivity index (χ0v) is 18.2. The monoisotopic (exact) mass is 456 g/mol. The molecule has 1 unspecified atom stereocenters. The summed E-state index contributed by atoms with van der Waals surface area (Å²) in [5.74, 6) is -1.01. The molecule has 1 fully saturated rings. The first-order valence-corrected chi connectivity index (χ1v) is 9.94. The molecule has 4 N–H and O–H groups in total. The average molecular weight is 456 g/mol. The van der Waals surface area contributed by atoms with E-state index >= 15 is 0 Å². The number of aromatic nitrogens is 1. The lowest BCUT2D eigenvalue weighted by Crippen LogP contribution is -2.34. The zero-order valence-electron chi connectivity index (χ0n) is 18.2. The largest absolute Gasteiger partial charge is 0.388 e. The minimum Gasteiger partial charge on any atom is -0.388 e. The number of ether oxygens (including phenoxy) is 2.